The molecule has 0 aliphatic carbocycles. The molecular weight excluding hydrogens is 524 g/mol. The van der Waals surface area contributed by atoms with E-state index in [1.807, 2.05) is 0 Å². The number of carboxylic acids is 2. The van der Waals surface area contributed by atoms with Crippen molar-refractivity contribution in [3.63, 3.8) is 0 Å². The second kappa shape index (κ2) is 18.1. The molecule has 3 amide bonds. The first kappa shape index (κ1) is 33.8. The lowest BCUT2D eigenvalue weighted by atomic mass is 10.0. The van der Waals surface area contributed by atoms with Crippen molar-refractivity contribution in [3.8, 4) is 0 Å². The fraction of sp³-hybridized carbons (Fsp3) is 0.520. The monoisotopic (exact) mass is 564 g/mol. The molecule has 222 valence electrons. The Morgan fingerprint density at radius 2 is 1.40 bits per heavy atom. The van der Waals surface area contributed by atoms with E-state index in [0.717, 1.165) is 0 Å². The number of nitrogens with two attached hydrogens (primary N) is 4. The second-order valence-corrected chi connectivity index (χ2v) is 9.15. The van der Waals surface area contributed by atoms with Crippen LogP contribution in [0.5, 0.6) is 0 Å². The van der Waals surface area contributed by atoms with Crippen LogP contribution < -0.4 is 38.9 Å². The van der Waals surface area contributed by atoms with E-state index in [-0.39, 0.29) is 31.8 Å². The number of carbonyl (C=O) groups excluding carboxylic acids is 3. The first-order chi connectivity index (χ1) is 18.9. The molecule has 0 aliphatic heterocycles. The average molecular weight is 565 g/mol. The minimum atomic E-state index is -1.71. The van der Waals surface area contributed by atoms with Gasteiger partial charge in [0.05, 0.1) is 12.5 Å². The molecule has 1 rings (SSSR count). The van der Waals surface area contributed by atoms with Gasteiger partial charge in [-0.2, -0.15) is 0 Å². The predicted octanol–water partition coefficient (Wildman–Crippen LogP) is -2.25. The predicted molar refractivity (Wildman–Crippen MR) is 147 cm³/mol. The molecule has 0 spiro atoms. The van der Waals surface area contributed by atoms with Crippen LogP contribution in [0.25, 0.3) is 0 Å². The van der Waals surface area contributed by atoms with Gasteiger partial charge in [-0.1, -0.05) is 30.3 Å². The molecule has 0 radical (unpaired) electrons. The normalized spacial score (nSPS) is 13.7. The van der Waals surface area contributed by atoms with Crippen molar-refractivity contribution in [3.05, 3.63) is 35.9 Å². The van der Waals surface area contributed by atoms with Crippen molar-refractivity contribution in [1.82, 2.24) is 16.0 Å². The van der Waals surface area contributed by atoms with Crippen LogP contribution >= 0.6 is 0 Å². The number of aliphatic carboxylic acids is 2. The maximum Gasteiger partial charge on any atom is 0.326 e. The summed E-state index contributed by atoms with van der Waals surface area (Å²) in [6.07, 6.45) is 1.07. The van der Waals surface area contributed by atoms with Gasteiger partial charge in [-0.25, -0.2) is 4.79 Å². The third-order valence-corrected chi connectivity index (χ3v) is 5.79. The van der Waals surface area contributed by atoms with Crippen molar-refractivity contribution in [2.75, 3.05) is 13.1 Å². The van der Waals surface area contributed by atoms with Crippen molar-refractivity contribution in [2.45, 2.75) is 69.1 Å². The van der Waals surface area contributed by atoms with Gasteiger partial charge < -0.3 is 49.1 Å². The minimum absolute atomic E-state index is 0.0222. The summed E-state index contributed by atoms with van der Waals surface area (Å²) in [5, 5.41) is 25.7. The summed E-state index contributed by atoms with van der Waals surface area (Å²) in [6, 6.07) is 3.62. The summed E-state index contributed by atoms with van der Waals surface area (Å²) in [4.78, 5) is 65.5. The van der Waals surface area contributed by atoms with E-state index in [4.69, 9.17) is 28.0 Å². The van der Waals surface area contributed by atoms with Gasteiger partial charge in [0.1, 0.15) is 18.1 Å². The molecule has 0 heterocycles. The van der Waals surface area contributed by atoms with Crippen LogP contribution in [-0.2, 0) is 30.4 Å². The van der Waals surface area contributed by atoms with Crippen LogP contribution in [0.15, 0.2) is 35.3 Å². The molecule has 15 nitrogen and oxygen atoms in total. The van der Waals surface area contributed by atoms with Crippen molar-refractivity contribution < 1.29 is 34.2 Å². The number of guanidine groups is 1. The van der Waals surface area contributed by atoms with Gasteiger partial charge >= 0.3 is 11.9 Å². The van der Waals surface area contributed by atoms with Crippen molar-refractivity contribution in [1.29, 1.82) is 0 Å². The van der Waals surface area contributed by atoms with E-state index >= 15 is 0 Å². The number of benzene rings is 1. The van der Waals surface area contributed by atoms with E-state index in [9.17, 15) is 29.1 Å². The number of hydrogen-bond donors (Lipinski definition) is 9. The van der Waals surface area contributed by atoms with Gasteiger partial charge in [-0.15, -0.1) is 0 Å². The molecule has 4 atom stereocenters. The summed E-state index contributed by atoms with van der Waals surface area (Å²) in [6.45, 7) is 0.644. The lowest BCUT2D eigenvalue weighted by Gasteiger charge is -2.25. The molecule has 0 saturated carbocycles. The summed E-state index contributed by atoms with van der Waals surface area (Å²) in [7, 11) is 0. The number of carboxylic acid groups (broad SMARTS) is 2. The molecule has 4 unspecified atom stereocenters. The number of hydrogen-bond acceptors (Lipinski definition) is 8. The third-order valence-electron chi connectivity index (χ3n) is 5.79. The van der Waals surface area contributed by atoms with Gasteiger partial charge in [0.25, 0.3) is 0 Å². The second-order valence-electron chi connectivity index (χ2n) is 9.15. The van der Waals surface area contributed by atoms with Crippen LogP contribution in [0.4, 0.5) is 0 Å². The van der Waals surface area contributed by atoms with Crippen molar-refractivity contribution in [2.24, 2.45) is 27.9 Å². The SMILES string of the molecule is NCCCCC(NC(=O)C(N)CCCN=C(N)N)C(=O)NC(Cc1ccccc1)C(=O)NC(CC(=O)O)C(=O)O. The fourth-order valence-corrected chi connectivity index (χ4v) is 3.67. The topological polar surface area (TPSA) is 278 Å². The Hall–Kier alpha value is -4.24. The lowest BCUT2D eigenvalue weighted by molar-refractivity contribution is -0.147. The van der Waals surface area contributed by atoms with E-state index in [0.29, 0.717) is 31.4 Å². The molecule has 15 heteroatoms. The zero-order valence-corrected chi connectivity index (χ0v) is 22.3. The van der Waals surface area contributed by atoms with Gasteiger partial charge in [-0.05, 0) is 44.2 Å². The van der Waals surface area contributed by atoms with Crippen LogP contribution in [0.1, 0.15) is 44.1 Å². The first-order valence-corrected chi connectivity index (χ1v) is 12.8. The van der Waals surface area contributed by atoms with E-state index in [1.54, 1.807) is 30.3 Å². The van der Waals surface area contributed by atoms with Crippen LogP contribution in [0, 0.1) is 0 Å². The number of aliphatic imine (C=N–C) groups is 1. The van der Waals surface area contributed by atoms with E-state index in [1.165, 1.54) is 0 Å². The number of nitrogens with zero attached hydrogens (tertiary/aromatic N) is 1. The van der Waals surface area contributed by atoms with Crippen LogP contribution in [0.2, 0.25) is 0 Å². The quantitative estimate of drug-likeness (QED) is 0.0491. The Morgan fingerprint density at radius 1 is 0.800 bits per heavy atom. The molecule has 1 aromatic rings. The Labute approximate surface area is 232 Å². The summed E-state index contributed by atoms with van der Waals surface area (Å²) in [5.41, 5.74) is 22.7. The van der Waals surface area contributed by atoms with Gasteiger partial charge in [0, 0.05) is 13.0 Å². The lowest BCUT2D eigenvalue weighted by Crippen LogP contribution is -2.57. The molecule has 0 saturated heterocycles. The van der Waals surface area contributed by atoms with Crippen LogP contribution in [-0.4, -0.2) is 83.1 Å². The fourth-order valence-electron chi connectivity index (χ4n) is 3.67. The summed E-state index contributed by atoms with van der Waals surface area (Å²) >= 11 is 0. The Morgan fingerprint density at radius 3 is 1.98 bits per heavy atom. The molecule has 40 heavy (non-hydrogen) atoms. The average Bonchev–Trinajstić information content (AvgIpc) is 2.89. The smallest absolute Gasteiger partial charge is 0.326 e. The standard InChI is InChI=1S/C25H40N8O7/c26-11-5-4-10-17(31-21(36)16(27)9-6-12-30-25(28)29)22(37)32-18(13-15-7-2-1-3-8-15)23(38)33-19(24(39)40)14-20(34)35/h1-3,7-8,16-19H,4-6,9-14,26-27H2,(H,31,36)(H,32,37)(H,33,38)(H,34,35)(H,39,40)(H4,28,29,30). The van der Waals surface area contributed by atoms with Gasteiger partial charge in [0.15, 0.2) is 5.96 Å². The molecule has 0 aromatic heterocycles. The highest BCUT2D eigenvalue weighted by Gasteiger charge is 2.31. The number of amides is 3. The number of rotatable bonds is 19. The van der Waals surface area contributed by atoms with E-state index in [2.05, 4.69) is 20.9 Å². The molecular formula is C25H40N8O7. The highest BCUT2D eigenvalue weighted by atomic mass is 16.4. The Bertz CT molecular complexity index is 1020. The van der Waals surface area contributed by atoms with Crippen molar-refractivity contribution >= 4 is 35.6 Å². The summed E-state index contributed by atoms with van der Waals surface area (Å²) < 4.78 is 0. The largest absolute Gasteiger partial charge is 0.481 e. The Balaban J connectivity index is 3.06. The zero-order valence-electron chi connectivity index (χ0n) is 22.3. The number of carbonyl (C=O) groups is 5. The molecule has 13 N–H and O–H groups in total. The first-order valence-electron chi connectivity index (χ1n) is 12.8. The van der Waals surface area contributed by atoms with E-state index < -0.39 is 60.2 Å². The highest BCUT2D eigenvalue weighted by Crippen LogP contribution is 2.08. The Kier molecular flexibility index (Phi) is 15.3. The highest BCUT2D eigenvalue weighted by molar-refractivity contribution is 5.94. The van der Waals surface area contributed by atoms with Gasteiger partial charge in [-0.3, -0.25) is 24.2 Å². The number of unbranched alkanes of at least 4 members (excludes halogenated alkanes) is 1. The summed E-state index contributed by atoms with van der Waals surface area (Å²) in [5.74, 6) is -5.22. The van der Waals surface area contributed by atoms with Gasteiger partial charge in [0.2, 0.25) is 17.7 Å². The zero-order chi connectivity index (χ0) is 30.1. The number of nitrogens with one attached hydrogen (secondary N) is 3. The third kappa shape index (κ3) is 13.5. The maximum atomic E-state index is 13.3. The molecule has 0 bridgehead atoms. The molecule has 0 fully saturated rings. The molecule has 1 aromatic carbocycles. The minimum Gasteiger partial charge on any atom is -0.481 e. The maximum absolute atomic E-state index is 13.3. The van der Waals surface area contributed by atoms with Crippen LogP contribution in [0.3, 0.4) is 0 Å². The molecule has 0 aliphatic rings.